The van der Waals surface area contributed by atoms with Crippen LogP contribution in [0.5, 0.6) is 0 Å². The molecule has 0 amide bonds. The van der Waals surface area contributed by atoms with E-state index in [2.05, 4.69) is 195 Å². The van der Waals surface area contributed by atoms with Crippen molar-refractivity contribution in [1.29, 1.82) is 0 Å². The van der Waals surface area contributed by atoms with Gasteiger partial charge >= 0.3 is 0 Å². The van der Waals surface area contributed by atoms with E-state index < -0.39 is 0 Å². The fourth-order valence-electron chi connectivity index (χ4n) is 9.76. The molecule has 0 heterocycles. The lowest BCUT2D eigenvalue weighted by molar-refractivity contribution is 0.758. The van der Waals surface area contributed by atoms with Gasteiger partial charge in [0.05, 0.1) is 5.41 Å². The summed E-state index contributed by atoms with van der Waals surface area (Å²) in [6.07, 6.45) is 13.4. The Morgan fingerprint density at radius 2 is 1.30 bits per heavy atom. The molecule has 1 nitrogen and oxygen atoms in total. The van der Waals surface area contributed by atoms with Crippen LogP contribution >= 0.6 is 0 Å². The van der Waals surface area contributed by atoms with Gasteiger partial charge in [-0.05, 0) is 117 Å². The van der Waals surface area contributed by atoms with Gasteiger partial charge in [-0.3, -0.25) is 0 Å². The van der Waals surface area contributed by atoms with Gasteiger partial charge in [-0.15, -0.1) is 0 Å². The fourth-order valence-corrected chi connectivity index (χ4v) is 9.76. The zero-order valence-electron chi connectivity index (χ0n) is 30.3. The maximum absolute atomic E-state index is 2.58. The molecule has 10 rings (SSSR count). The van der Waals surface area contributed by atoms with E-state index in [4.69, 9.17) is 0 Å². The molecule has 254 valence electrons. The van der Waals surface area contributed by atoms with Crippen LogP contribution in [0.25, 0.3) is 33.4 Å². The van der Waals surface area contributed by atoms with Crippen molar-refractivity contribution in [2.24, 2.45) is 0 Å². The van der Waals surface area contributed by atoms with Crippen molar-refractivity contribution in [3.8, 4) is 22.3 Å². The van der Waals surface area contributed by atoms with Crippen LogP contribution in [-0.2, 0) is 18.4 Å². The van der Waals surface area contributed by atoms with Crippen molar-refractivity contribution in [2.45, 2.75) is 38.6 Å². The second-order valence-electron chi connectivity index (χ2n) is 14.7. The molecule has 0 radical (unpaired) electrons. The summed E-state index contributed by atoms with van der Waals surface area (Å²) in [5.41, 5.74) is 22.5. The van der Waals surface area contributed by atoms with E-state index in [-0.39, 0.29) is 5.41 Å². The van der Waals surface area contributed by atoms with Crippen LogP contribution in [0.1, 0.15) is 59.2 Å². The van der Waals surface area contributed by atoms with Crippen molar-refractivity contribution in [1.82, 2.24) is 0 Å². The normalized spacial score (nSPS) is 17.8. The zero-order valence-corrected chi connectivity index (χ0v) is 30.3. The topological polar surface area (TPSA) is 3.24 Å². The lowest BCUT2D eigenvalue weighted by Crippen LogP contribution is -2.27. The highest BCUT2D eigenvalue weighted by molar-refractivity contribution is 6.00. The summed E-state index contributed by atoms with van der Waals surface area (Å²) >= 11 is 0. The lowest BCUT2D eigenvalue weighted by atomic mass is 9.69. The minimum absolute atomic E-state index is 0.350. The number of hydrogen-bond acceptors (Lipinski definition) is 1. The summed E-state index contributed by atoms with van der Waals surface area (Å²) in [7, 11) is 0. The minimum atomic E-state index is -0.350. The van der Waals surface area contributed by atoms with Crippen LogP contribution in [-0.4, -0.2) is 0 Å². The molecule has 0 bridgehead atoms. The van der Waals surface area contributed by atoms with Gasteiger partial charge in [-0.2, -0.15) is 0 Å². The molecule has 0 aromatic heterocycles. The molecular weight excluding hydrogens is 639 g/mol. The molecule has 4 aliphatic rings. The Labute approximate surface area is 313 Å². The van der Waals surface area contributed by atoms with Crippen LogP contribution in [0.4, 0.5) is 5.69 Å². The maximum atomic E-state index is 2.58. The van der Waals surface area contributed by atoms with Crippen molar-refractivity contribution in [3.05, 3.63) is 232 Å². The smallest absolute Gasteiger partial charge is 0.0683 e. The fraction of sp³-hybridized carbons (Fsp3) is 0.115. The van der Waals surface area contributed by atoms with Crippen LogP contribution in [0.15, 0.2) is 193 Å². The van der Waals surface area contributed by atoms with Crippen molar-refractivity contribution in [3.63, 3.8) is 0 Å². The molecule has 6 aromatic carbocycles. The minimum Gasteiger partial charge on any atom is -0.337 e. The van der Waals surface area contributed by atoms with E-state index in [0.717, 1.165) is 19.4 Å². The van der Waals surface area contributed by atoms with Gasteiger partial charge in [0.1, 0.15) is 0 Å². The zero-order chi connectivity index (χ0) is 35.5. The van der Waals surface area contributed by atoms with Crippen molar-refractivity contribution in [2.75, 3.05) is 4.90 Å². The number of allylic oxidation sites excluding steroid dienone is 9. The SMILES string of the molecule is C/C=C(\C1=C(C)C2(C3=C(CC=CC=C3)c3ccccc32)c2ccccc21)N(Cc1ccc(-c2ccccc2)cc1)c1ccc2c(c1)Cc1ccccc1-2. The summed E-state index contributed by atoms with van der Waals surface area (Å²) < 4.78 is 0. The Hall–Kier alpha value is -6.18. The number of rotatable bonds is 6. The highest BCUT2D eigenvalue weighted by Crippen LogP contribution is 2.63. The lowest BCUT2D eigenvalue weighted by Gasteiger charge is -2.33. The number of fused-ring (bicyclic) bond motifs is 9. The van der Waals surface area contributed by atoms with Gasteiger partial charge in [-0.1, -0.05) is 164 Å². The Morgan fingerprint density at radius 1 is 0.642 bits per heavy atom. The first kappa shape index (κ1) is 31.5. The largest absolute Gasteiger partial charge is 0.337 e. The monoisotopic (exact) mass is 679 g/mol. The van der Waals surface area contributed by atoms with Crippen LogP contribution in [0, 0.1) is 0 Å². The summed E-state index contributed by atoms with van der Waals surface area (Å²) in [5, 5.41) is 0. The molecule has 1 heteroatoms. The van der Waals surface area contributed by atoms with Gasteiger partial charge in [0.15, 0.2) is 0 Å². The second kappa shape index (κ2) is 12.5. The van der Waals surface area contributed by atoms with E-state index in [1.807, 2.05) is 0 Å². The van der Waals surface area contributed by atoms with Gasteiger partial charge in [0.25, 0.3) is 0 Å². The molecule has 0 aliphatic heterocycles. The van der Waals surface area contributed by atoms with Gasteiger partial charge in [0.2, 0.25) is 0 Å². The van der Waals surface area contributed by atoms with Crippen molar-refractivity contribution >= 4 is 16.8 Å². The molecule has 1 atom stereocenters. The summed E-state index contributed by atoms with van der Waals surface area (Å²) in [6, 6.07) is 54.2. The van der Waals surface area contributed by atoms with E-state index in [9.17, 15) is 0 Å². The molecule has 0 N–H and O–H groups in total. The van der Waals surface area contributed by atoms with Crippen molar-refractivity contribution < 1.29 is 0 Å². The molecule has 1 spiro atoms. The first-order chi connectivity index (χ1) is 26.2. The quantitative estimate of drug-likeness (QED) is 0.169. The standard InChI is InChI=1S/C52H41N/c1-3-50(51-35(2)52(49-25-15-13-22-46(49)51)47-23-9-5-8-20-44(47)45-21-12-14-24-48(45)52)53(34-36-26-28-38(29-27-36)37-16-6-4-7-17-37)41-30-31-43-40(33-41)32-39-18-10-11-19-42(39)43/h3-19,21-31,33H,20,32,34H2,1-2H3/b50-3+. The Bertz CT molecular complexity index is 2590. The molecule has 0 saturated carbocycles. The third-order valence-electron chi connectivity index (χ3n) is 12.1. The van der Waals surface area contributed by atoms with Crippen LogP contribution < -0.4 is 4.90 Å². The number of benzene rings is 6. The van der Waals surface area contributed by atoms with Gasteiger partial charge in [0, 0.05) is 23.5 Å². The molecule has 4 aliphatic carbocycles. The predicted molar refractivity (Wildman–Crippen MR) is 223 cm³/mol. The van der Waals surface area contributed by atoms with Gasteiger partial charge in [-0.25, -0.2) is 0 Å². The summed E-state index contributed by atoms with van der Waals surface area (Å²) in [5.74, 6) is 0. The summed E-state index contributed by atoms with van der Waals surface area (Å²) in [4.78, 5) is 2.58. The van der Waals surface area contributed by atoms with E-state index in [1.54, 1.807) is 0 Å². The third kappa shape index (κ3) is 4.77. The average Bonchev–Trinajstić information content (AvgIpc) is 3.71. The predicted octanol–water partition coefficient (Wildman–Crippen LogP) is 12.9. The summed E-state index contributed by atoms with van der Waals surface area (Å²) in [6.45, 7) is 5.38. The third-order valence-corrected chi connectivity index (χ3v) is 12.1. The number of anilines is 1. The van der Waals surface area contributed by atoms with E-state index in [0.29, 0.717) is 0 Å². The molecule has 0 saturated heterocycles. The van der Waals surface area contributed by atoms with Crippen LogP contribution in [0.2, 0.25) is 0 Å². The average molecular weight is 680 g/mol. The number of hydrogen-bond donors (Lipinski definition) is 0. The van der Waals surface area contributed by atoms with Crippen LogP contribution in [0.3, 0.4) is 0 Å². The maximum Gasteiger partial charge on any atom is 0.0683 e. The first-order valence-corrected chi connectivity index (χ1v) is 18.9. The Morgan fingerprint density at radius 3 is 2.09 bits per heavy atom. The first-order valence-electron chi connectivity index (χ1n) is 18.9. The number of nitrogens with zero attached hydrogens (tertiary/aromatic N) is 1. The molecule has 1 unspecified atom stereocenters. The second-order valence-corrected chi connectivity index (χ2v) is 14.7. The highest BCUT2D eigenvalue weighted by Gasteiger charge is 2.52. The highest BCUT2D eigenvalue weighted by atomic mass is 15.1. The van der Waals surface area contributed by atoms with Gasteiger partial charge < -0.3 is 4.90 Å². The van der Waals surface area contributed by atoms with E-state index >= 15 is 0 Å². The molecule has 53 heavy (non-hydrogen) atoms. The van der Waals surface area contributed by atoms with E-state index in [1.165, 1.54) is 94.9 Å². The Balaban J connectivity index is 1.15. The Kier molecular flexibility index (Phi) is 7.44. The molecule has 0 fully saturated rings. The molecular formula is C52H41N. The molecule has 6 aromatic rings.